The highest BCUT2D eigenvalue weighted by Crippen LogP contribution is 2.33. The first-order valence-electron chi connectivity index (χ1n) is 12.0. The molecule has 3 aromatic rings. The second-order valence-electron chi connectivity index (χ2n) is 9.07. The Kier molecular flexibility index (Phi) is 7.47. The van der Waals surface area contributed by atoms with Gasteiger partial charge in [0.2, 0.25) is 5.91 Å². The summed E-state index contributed by atoms with van der Waals surface area (Å²) in [6.45, 7) is 3.77. The van der Waals surface area contributed by atoms with Gasteiger partial charge in [0.15, 0.2) is 0 Å². The maximum absolute atomic E-state index is 13.8. The molecule has 1 fully saturated rings. The molecule has 192 valence electrons. The second kappa shape index (κ2) is 10.7. The number of nitrogens with one attached hydrogen (secondary N) is 1. The number of likely N-dealkylation sites (tertiary alicyclic amines) is 1. The molecule has 0 aliphatic carbocycles. The number of pyridine rings is 2. The van der Waals surface area contributed by atoms with Gasteiger partial charge in [-0.3, -0.25) is 19.5 Å². The number of rotatable bonds is 7. The number of hydrogen-bond acceptors (Lipinski definition) is 6. The molecule has 1 aliphatic heterocycles. The Labute approximate surface area is 214 Å². The number of nitrogen functional groups attached to an aromatic ring is 1. The Morgan fingerprint density at radius 2 is 1.97 bits per heavy atom. The van der Waals surface area contributed by atoms with Crippen LogP contribution in [-0.4, -0.2) is 45.8 Å². The summed E-state index contributed by atoms with van der Waals surface area (Å²) in [6, 6.07) is 10.5. The SMILES string of the molecule is CCC(NC(=O)N1C(=O)[C@H](Cc2ccnc(N)c2)[C@H]1C(=O)N(C)c1cccc(F)c1)c1ccc(C)nc1. The van der Waals surface area contributed by atoms with E-state index in [0.717, 1.165) is 16.2 Å². The van der Waals surface area contributed by atoms with Crippen molar-refractivity contribution in [1.29, 1.82) is 0 Å². The van der Waals surface area contributed by atoms with Gasteiger partial charge in [-0.15, -0.1) is 0 Å². The van der Waals surface area contributed by atoms with Crippen LogP contribution in [0.3, 0.4) is 0 Å². The minimum absolute atomic E-state index is 0.196. The van der Waals surface area contributed by atoms with Crippen LogP contribution in [0.25, 0.3) is 0 Å². The van der Waals surface area contributed by atoms with Crippen LogP contribution in [0.2, 0.25) is 0 Å². The first kappa shape index (κ1) is 25.7. The van der Waals surface area contributed by atoms with E-state index in [1.807, 2.05) is 26.0 Å². The summed E-state index contributed by atoms with van der Waals surface area (Å²) < 4.78 is 13.8. The number of nitrogens with zero attached hydrogens (tertiary/aromatic N) is 4. The molecule has 0 bridgehead atoms. The van der Waals surface area contributed by atoms with Crippen molar-refractivity contribution in [3.05, 3.63) is 83.6 Å². The molecule has 1 aliphatic rings. The predicted molar refractivity (Wildman–Crippen MR) is 137 cm³/mol. The number of anilines is 2. The summed E-state index contributed by atoms with van der Waals surface area (Å²) in [7, 11) is 1.49. The van der Waals surface area contributed by atoms with Crippen LogP contribution in [0.4, 0.5) is 20.7 Å². The van der Waals surface area contributed by atoms with Gasteiger partial charge in [0.25, 0.3) is 5.91 Å². The topological polar surface area (TPSA) is 122 Å². The molecular formula is C27H29FN6O3. The summed E-state index contributed by atoms with van der Waals surface area (Å²) in [5.74, 6) is -1.99. The zero-order chi connectivity index (χ0) is 26.7. The number of aromatic nitrogens is 2. The molecule has 9 nitrogen and oxygen atoms in total. The Bertz CT molecular complexity index is 1320. The summed E-state index contributed by atoms with van der Waals surface area (Å²) in [4.78, 5) is 50.7. The van der Waals surface area contributed by atoms with Gasteiger partial charge < -0.3 is 16.0 Å². The fourth-order valence-corrected chi connectivity index (χ4v) is 4.47. The van der Waals surface area contributed by atoms with Gasteiger partial charge in [-0.05, 0) is 67.3 Å². The lowest BCUT2D eigenvalue weighted by atomic mass is 9.81. The third-order valence-electron chi connectivity index (χ3n) is 6.56. The van der Waals surface area contributed by atoms with Crippen molar-refractivity contribution in [3.63, 3.8) is 0 Å². The molecule has 1 saturated heterocycles. The van der Waals surface area contributed by atoms with Gasteiger partial charge >= 0.3 is 6.03 Å². The second-order valence-corrected chi connectivity index (χ2v) is 9.07. The van der Waals surface area contributed by atoms with E-state index in [4.69, 9.17) is 5.73 Å². The molecule has 4 amide bonds. The number of hydrogen-bond donors (Lipinski definition) is 2. The molecule has 0 spiro atoms. The van der Waals surface area contributed by atoms with Crippen LogP contribution < -0.4 is 16.0 Å². The van der Waals surface area contributed by atoms with E-state index in [2.05, 4.69) is 15.3 Å². The van der Waals surface area contributed by atoms with Crippen LogP contribution in [0.15, 0.2) is 60.9 Å². The highest BCUT2D eigenvalue weighted by molar-refractivity contribution is 6.12. The van der Waals surface area contributed by atoms with Gasteiger partial charge in [-0.1, -0.05) is 19.1 Å². The molecule has 1 aromatic carbocycles. The molecule has 3 N–H and O–H groups in total. The average molecular weight is 505 g/mol. The van der Waals surface area contributed by atoms with Crippen LogP contribution in [0.1, 0.15) is 36.2 Å². The molecule has 1 unspecified atom stereocenters. The normalized spacial score (nSPS) is 17.6. The van der Waals surface area contributed by atoms with E-state index < -0.39 is 41.7 Å². The molecule has 4 rings (SSSR count). The number of imide groups is 1. The molecule has 3 heterocycles. The molecule has 3 atom stereocenters. The van der Waals surface area contributed by atoms with E-state index >= 15 is 0 Å². The minimum Gasteiger partial charge on any atom is -0.384 e. The number of carbonyl (C=O) groups excluding carboxylic acids is 3. The molecule has 0 radical (unpaired) electrons. The third-order valence-corrected chi connectivity index (χ3v) is 6.56. The number of aryl methyl sites for hydroxylation is 1. The number of amides is 4. The van der Waals surface area contributed by atoms with Crippen molar-refractivity contribution in [3.8, 4) is 0 Å². The molecule has 2 aromatic heterocycles. The van der Waals surface area contributed by atoms with Crippen molar-refractivity contribution < 1.29 is 18.8 Å². The van der Waals surface area contributed by atoms with E-state index in [-0.39, 0.29) is 12.2 Å². The number of nitrogens with two attached hydrogens (primary N) is 1. The molecular weight excluding hydrogens is 475 g/mol. The first-order chi connectivity index (χ1) is 17.7. The molecule has 37 heavy (non-hydrogen) atoms. The molecule has 0 saturated carbocycles. The van der Waals surface area contributed by atoms with E-state index in [9.17, 15) is 18.8 Å². The lowest BCUT2D eigenvalue weighted by Crippen LogP contribution is -2.70. The first-order valence-corrected chi connectivity index (χ1v) is 12.0. The Morgan fingerprint density at radius 1 is 1.19 bits per heavy atom. The number of halogens is 1. The number of benzene rings is 1. The maximum Gasteiger partial charge on any atom is 0.325 e. The number of urea groups is 1. The zero-order valence-electron chi connectivity index (χ0n) is 20.9. The standard InChI is InChI=1S/C27H29FN6O3/c1-4-22(18-9-8-16(2)31-15-18)32-27(37)34-24(26(36)33(3)20-7-5-6-19(28)14-20)21(25(34)35)12-17-10-11-30-23(29)13-17/h5-11,13-15,21-22,24H,4,12H2,1-3H3,(H2,29,30)(H,32,37)/t21-,22?,24+/m1/s1. The Hall–Kier alpha value is -4.34. The molecule has 10 heteroatoms. The lowest BCUT2D eigenvalue weighted by Gasteiger charge is -2.46. The average Bonchev–Trinajstić information content (AvgIpc) is 2.88. The summed E-state index contributed by atoms with van der Waals surface area (Å²) in [5.41, 5.74) is 8.45. The monoisotopic (exact) mass is 504 g/mol. The highest BCUT2D eigenvalue weighted by atomic mass is 19.1. The van der Waals surface area contributed by atoms with Crippen LogP contribution >= 0.6 is 0 Å². The van der Waals surface area contributed by atoms with E-state index in [0.29, 0.717) is 17.7 Å². The van der Waals surface area contributed by atoms with Crippen molar-refractivity contribution in [2.24, 2.45) is 5.92 Å². The number of β-lactam (4-membered cyclic amide) rings is 1. The largest absolute Gasteiger partial charge is 0.384 e. The van der Waals surface area contributed by atoms with Gasteiger partial charge in [-0.2, -0.15) is 0 Å². The van der Waals surface area contributed by atoms with E-state index in [1.54, 1.807) is 24.4 Å². The Balaban J connectivity index is 1.60. The van der Waals surface area contributed by atoms with Crippen molar-refractivity contribution >= 4 is 29.4 Å². The number of carbonyl (C=O) groups is 3. The maximum atomic E-state index is 13.8. The number of likely N-dealkylation sites (N-methyl/N-ethyl adjacent to an activating group) is 1. The van der Waals surface area contributed by atoms with Gasteiger partial charge in [0, 0.05) is 30.8 Å². The van der Waals surface area contributed by atoms with Gasteiger partial charge in [-0.25, -0.2) is 14.2 Å². The van der Waals surface area contributed by atoms with Crippen LogP contribution in [0.5, 0.6) is 0 Å². The fraction of sp³-hybridized carbons (Fsp3) is 0.296. The smallest absolute Gasteiger partial charge is 0.325 e. The van der Waals surface area contributed by atoms with E-state index in [1.165, 1.54) is 36.3 Å². The summed E-state index contributed by atoms with van der Waals surface area (Å²) in [5, 5.41) is 2.87. The lowest BCUT2D eigenvalue weighted by molar-refractivity contribution is -0.156. The van der Waals surface area contributed by atoms with Crippen molar-refractivity contribution in [2.45, 2.75) is 38.8 Å². The predicted octanol–water partition coefficient (Wildman–Crippen LogP) is 3.40. The highest BCUT2D eigenvalue weighted by Gasteiger charge is 2.55. The fourth-order valence-electron chi connectivity index (χ4n) is 4.47. The van der Waals surface area contributed by atoms with Crippen molar-refractivity contribution in [1.82, 2.24) is 20.2 Å². The Morgan fingerprint density at radius 3 is 2.62 bits per heavy atom. The summed E-state index contributed by atoms with van der Waals surface area (Å²) in [6.07, 6.45) is 3.95. The van der Waals surface area contributed by atoms with Crippen LogP contribution in [0, 0.1) is 18.7 Å². The van der Waals surface area contributed by atoms with Gasteiger partial charge in [0.1, 0.15) is 17.7 Å². The van der Waals surface area contributed by atoms with Crippen molar-refractivity contribution in [2.75, 3.05) is 17.7 Å². The van der Waals surface area contributed by atoms with Crippen LogP contribution in [-0.2, 0) is 16.0 Å². The summed E-state index contributed by atoms with van der Waals surface area (Å²) >= 11 is 0. The van der Waals surface area contributed by atoms with Gasteiger partial charge in [0.05, 0.1) is 12.0 Å². The quantitative estimate of drug-likeness (QED) is 0.476. The minimum atomic E-state index is -1.08. The zero-order valence-corrected chi connectivity index (χ0v) is 20.9. The third kappa shape index (κ3) is 5.42.